The number of hydrogen-bond donors (Lipinski definition) is 1. The number of carboxylic acids is 1. The van der Waals surface area contributed by atoms with Crippen LogP contribution in [0.1, 0.15) is 19.3 Å². The number of hydrogen-bond acceptors (Lipinski definition) is 4. The molecule has 0 aromatic heterocycles. The Balaban J connectivity index is 2.06. The van der Waals surface area contributed by atoms with Crippen LogP contribution in [-0.4, -0.2) is 36.4 Å². The van der Waals surface area contributed by atoms with Crippen molar-refractivity contribution >= 4 is 11.8 Å². The van der Waals surface area contributed by atoms with Crippen LogP contribution in [0.15, 0.2) is 0 Å². The van der Waals surface area contributed by atoms with Gasteiger partial charge in [-0.25, -0.2) is 4.79 Å². The molecule has 1 saturated heterocycles. The highest BCUT2D eigenvalue weighted by molar-refractivity contribution is 6.32. The van der Waals surface area contributed by atoms with Gasteiger partial charge in [-0.15, -0.1) is 0 Å². The lowest BCUT2D eigenvalue weighted by atomic mass is 10.2. The molecule has 74 valence electrons. The summed E-state index contributed by atoms with van der Waals surface area (Å²) in [6.45, 7) is 1.16. The third kappa shape index (κ3) is 3.52. The van der Waals surface area contributed by atoms with Gasteiger partial charge in [-0.3, -0.25) is 4.79 Å². The maximum Gasteiger partial charge on any atom is 0.372 e. The lowest BCUT2D eigenvalue weighted by Crippen LogP contribution is -2.14. The molecule has 0 unspecified atom stereocenters. The molecule has 5 nitrogen and oxygen atoms in total. The number of carbonyl (C=O) groups is 2. The highest BCUT2D eigenvalue weighted by Crippen LogP contribution is 2.11. The molecule has 0 radical (unpaired) electrons. The summed E-state index contributed by atoms with van der Waals surface area (Å²) in [5.74, 6) is -2.12. The van der Waals surface area contributed by atoms with Crippen molar-refractivity contribution in [2.75, 3.05) is 13.2 Å². The van der Waals surface area contributed by atoms with Crippen LogP contribution in [0, 0.1) is 0 Å². The van der Waals surface area contributed by atoms with Crippen LogP contribution in [0.4, 0.5) is 0 Å². The molecular formula is C8H12O5. The molecule has 1 rings (SSSR count). The van der Waals surface area contributed by atoms with E-state index in [9.17, 15) is 9.59 Å². The second-order valence-electron chi connectivity index (χ2n) is 2.79. The van der Waals surface area contributed by atoms with Crippen molar-refractivity contribution in [3.8, 4) is 0 Å². The molecule has 1 fully saturated rings. The molecule has 5 heteroatoms. The topological polar surface area (TPSA) is 72.8 Å². The van der Waals surface area contributed by atoms with E-state index in [0.29, 0.717) is 26.1 Å². The van der Waals surface area contributed by atoms with Gasteiger partial charge in [-0.05, 0) is 12.8 Å². The Labute approximate surface area is 75.6 Å². The zero-order valence-electron chi connectivity index (χ0n) is 7.19. The predicted octanol–water partition coefficient (Wildman–Crippen LogP) is 0.183. The monoisotopic (exact) mass is 188 g/mol. The van der Waals surface area contributed by atoms with Crippen molar-refractivity contribution in [3.05, 3.63) is 0 Å². The summed E-state index contributed by atoms with van der Waals surface area (Å²) in [6, 6.07) is 0. The van der Waals surface area contributed by atoms with E-state index < -0.39 is 11.8 Å². The van der Waals surface area contributed by atoms with Gasteiger partial charge in [-0.2, -0.15) is 0 Å². The minimum Gasteiger partial charge on any atom is -0.476 e. The van der Waals surface area contributed by atoms with Gasteiger partial charge in [0.25, 0.3) is 0 Å². The van der Waals surface area contributed by atoms with E-state index in [2.05, 4.69) is 0 Å². The molecule has 0 bridgehead atoms. The molecule has 0 saturated carbocycles. The number of aliphatic carboxylic acids is 1. The Bertz CT molecular complexity index is 195. The molecule has 1 aliphatic heterocycles. The van der Waals surface area contributed by atoms with Gasteiger partial charge in [0.15, 0.2) is 6.29 Å². The second kappa shape index (κ2) is 4.94. The van der Waals surface area contributed by atoms with Crippen molar-refractivity contribution in [1.29, 1.82) is 0 Å². The molecule has 0 amide bonds. The number of Topliss-reactive ketones (excluding diaryl/α,β-unsaturated/α-hetero) is 1. The normalized spacial score (nSPS) is 17.5. The Morgan fingerprint density at radius 2 is 1.92 bits per heavy atom. The van der Waals surface area contributed by atoms with Crippen LogP contribution in [0.5, 0.6) is 0 Å². The highest BCUT2D eigenvalue weighted by Gasteiger charge is 2.17. The molecule has 1 heterocycles. The lowest BCUT2D eigenvalue weighted by molar-refractivity contribution is -0.149. The van der Waals surface area contributed by atoms with E-state index in [4.69, 9.17) is 14.6 Å². The van der Waals surface area contributed by atoms with Crippen LogP contribution >= 0.6 is 0 Å². The molecule has 1 aliphatic rings. The summed E-state index contributed by atoms with van der Waals surface area (Å²) in [4.78, 5) is 20.7. The Hall–Kier alpha value is -0.940. The van der Waals surface area contributed by atoms with Gasteiger partial charge in [-0.1, -0.05) is 0 Å². The SMILES string of the molecule is O=C(O)C(=O)CCCC1OCCO1. The third-order valence-electron chi connectivity index (χ3n) is 1.77. The quantitative estimate of drug-likeness (QED) is 0.623. The van der Waals surface area contributed by atoms with Gasteiger partial charge in [0, 0.05) is 6.42 Å². The molecule has 0 aliphatic carbocycles. The van der Waals surface area contributed by atoms with Crippen molar-refractivity contribution < 1.29 is 24.2 Å². The third-order valence-corrected chi connectivity index (χ3v) is 1.77. The molecule has 1 N–H and O–H groups in total. The van der Waals surface area contributed by atoms with Crippen LogP contribution in [0.3, 0.4) is 0 Å². The maximum absolute atomic E-state index is 10.6. The number of carbonyl (C=O) groups excluding carboxylic acids is 1. The molecule has 0 aromatic carbocycles. The molecule has 13 heavy (non-hydrogen) atoms. The summed E-state index contributed by atoms with van der Waals surface area (Å²) in [7, 11) is 0. The summed E-state index contributed by atoms with van der Waals surface area (Å²) in [5, 5.41) is 8.26. The predicted molar refractivity (Wildman–Crippen MR) is 42.2 cm³/mol. The first kappa shape index (κ1) is 10.1. The van der Waals surface area contributed by atoms with Crippen molar-refractivity contribution in [1.82, 2.24) is 0 Å². The largest absolute Gasteiger partial charge is 0.476 e. The van der Waals surface area contributed by atoms with Gasteiger partial charge in [0.05, 0.1) is 13.2 Å². The average Bonchev–Trinajstić information content (AvgIpc) is 2.56. The zero-order valence-corrected chi connectivity index (χ0v) is 7.19. The van der Waals surface area contributed by atoms with E-state index in [0.717, 1.165) is 0 Å². The van der Waals surface area contributed by atoms with Crippen LogP contribution in [0.2, 0.25) is 0 Å². The number of carboxylic acid groups (broad SMARTS) is 1. The van der Waals surface area contributed by atoms with Crippen LogP contribution in [0.25, 0.3) is 0 Å². The fourth-order valence-electron chi connectivity index (χ4n) is 1.11. The fourth-order valence-corrected chi connectivity index (χ4v) is 1.11. The minimum atomic E-state index is -1.37. The number of rotatable bonds is 5. The summed E-state index contributed by atoms with van der Waals surface area (Å²) >= 11 is 0. The summed E-state index contributed by atoms with van der Waals surface area (Å²) in [5.41, 5.74) is 0. The van der Waals surface area contributed by atoms with Gasteiger partial charge < -0.3 is 14.6 Å². The van der Waals surface area contributed by atoms with Crippen LogP contribution < -0.4 is 0 Å². The Morgan fingerprint density at radius 3 is 2.46 bits per heavy atom. The van der Waals surface area contributed by atoms with Crippen molar-refractivity contribution in [3.63, 3.8) is 0 Å². The second-order valence-corrected chi connectivity index (χ2v) is 2.79. The van der Waals surface area contributed by atoms with E-state index >= 15 is 0 Å². The van der Waals surface area contributed by atoms with E-state index in [-0.39, 0.29) is 12.7 Å². The van der Waals surface area contributed by atoms with Crippen LogP contribution in [-0.2, 0) is 19.1 Å². The molecule has 0 aromatic rings. The average molecular weight is 188 g/mol. The molecule has 0 atom stereocenters. The van der Waals surface area contributed by atoms with Gasteiger partial charge in [0.1, 0.15) is 0 Å². The lowest BCUT2D eigenvalue weighted by Gasteiger charge is -2.06. The summed E-state index contributed by atoms with van der Waals surface area (Å²) < 4.78 is 10.2. The number of ketones is 1. The first-order valence-corrected chi connectivity index (χ1v) is 4.19. The van der Waals surface area contributed by atoms with E-state index in [1.807, 2.05) is 0 Å². The molecular weight excluding hydrogens is 176 g/mol. The van der Waals surface area contributed by atoms with E-state index in [1.165, 1.54) is 0 Å². The van der Waals surface area contributed by atoms with E-state index in [1.54, 1.807) is 0 Å². The Morgan fingerprint density at radius 1 is 1.31 bits per heavy atom. The minimum absolute atomic E-state index is 0.0541. The summed E-state index contributed by atoms with van der Waals surface area (Å²) in [6.07, 6.45) is 0.884. The van der Waals surface area contributed by atoms with Gasteiger partial charge >= 0.3 is 5.97 Å². The standard InChI is InChI=1S/C8H12O5/c9-6(8(10)11)2-1-3-7-12-4-5-13-7/h7H,1-5H2,(H,10,11). The maximum atomic E-state index is 10.6. The van der Waals surface area contributed by atoms with Crippen molar-refractivity contribution in [2.45, 2.75) is 25.6 Å². The number of ether oxygens (including phenoxy) is 2. The molecule has 0 spiro atoms. The zero-order chi connectivity index (χ0) is 9.68. The Kier molecular flexibility index (Phi) is 3.85. The van der Waals surface area contributed by atoms with Gasteiger partial charge in [0.2, 0.25) is 5.78 Å². The highest BCUT2D eigenvalue weighted by atomic mass is 16.7. The smallest absolute Gasteiger partial charge is 0.372 e. The first-order chi connectivity index (χ1) is 6.20. The van der Waals surface area contributed by atoms with Crippen molar-refractivity contribution in [2.24, 2.45) is 0 Å². The fraction of sp³-hybridized carbons (Fsp3) is 0.750. The first-order valence-electron chi connectivity index (χ1n) is 4.19.